The monoisotopic (exact) mass is 697 g/mol. The van der Waals surface area contributed by atoms with Crippen LogP contribution in [0, 0.1) is 13.7 Å². The molecular formula is C23H14Br2IN3O5. The first-order chi connectivity index (χ1) is 16.3. The van der Waals surface area contributed by atoms with E-state index in [4.69, 9.17) is 9.15 Å². The van der Waals surface area contributed by atoms with Gasteiger partial charge < -0.3 is 9.15 Å². The van der Waals surface area contributed by atoms with Crippen molar-refractivity contribution in [2.24, 2.45) is 5.10 Å². The first-order valence-electron chi connectivity index (χ1n) is 9.68. The number of ether oxygens (including phenoxy) is 1. The summed E-state index contributed by atoms with van der Waals surface area (Å²) in [5.41, 5.74) is 4.51. The zero-order valence-electron chi connectivity index (χ0n) is 17.1. The Morgan fingerprint density at radius 1 is 1.18 bits per heavy atom. The highest BCUT2D eigenvalue weighted by Crippen LogP contribution is 2.31. The van der Waals surface area contributed by atoms with Crippen LogP contribution >= 0.6 is 54.5 Å². The summed E-state index contributed by atoms with van der Waals surface area (Å²) in [5, 5.41) is 15.7. The third-order valence-electron chi connectivity index (χ3n) is 4.61. The Morgan fingerprint density at radius 2 is 2.00 bits per heavy atom. The Bertz CT molecular complexity index is 1440. The number of hydrogen-bond donors (Lipinski definition) is 1. The lowest BCUT2D eigenvalue weighted by molar-refractivity contribution is -0.384. The van der Waals surface area contributed by atoms with Gasteiger partial charge in [0.25, 0.3) is 5.69 Å². The van der Waals surface area contributed by atoms with Gasteiger partial charge in [0.15, 0.2) is 5.76 Å². The molecule has 1 aromatic heterocycles. The molecule has 0 spiro atoms. The second-order valence-electron chi connectivity index (χ2n) is 7.02. The highest BCUT2D eigenvalue weighted by atomic mass is 127. The lowest BCUT2D eigenvalue weighted by atomic mass is 10.2. The number of nitro groups is 1. The molecule has 1 amide bonds. The molecule has 0 radical (unpaired) electrons. The number of hydrazone groups is 1. The smallest absolute Gasteiger partial charge is 0.307 e. The third kappa shape index (κ3) is 5.83. The lowest BCUT2D eigenvalue weighted by Gasteiger charge is -2.09. The number of fused-ring (bicyclic) bond motifs is 1. The molecule has 1 N–H and O–H groups in total. The number of nitrogens with one attached hydrogen (secondary N) is 1. The summed E-state index contributed by atoms with van der Waals surface area (Å²) in [5.74, 6) is 0.305. The number of amides is 1. The molecule has 0 atom stereocenters. The van der Waals surface area contributed by atoms with Gasteiger partial charge in [0.05, 0.1) is 19.2 Å². The van der Waals surface area contributed by atoms with Crippen LogP contribution in [0.1, 0.15) is 21.7 Å². The van der Waals surface area contributed by atoms with E-state index in [1.807, 2.05) is 18.2 Å². The summed E-state index contributed by atoms with van der Waals surface area (Å²) >= 11 is 8.95. The summed E-state index contributed by atoms with van der Waals surface area (Å²) in [7, 11) is 0. The maximum Gasteiger partial charge on any atom is 0.307 e. The quantitative estimate of drug-likeness (QED) is 0.0988. The average Bonchev–Trinajstić information content (AvgIpc) is 3.23. The Labute approximate surface area is 223 Å². The van der Waals surface area contributed by atoms with Crippen molar-refractivity contribution in [2.75, 3.05) is 0 Å². The number of benzene rings is 3. The van der Waals surface area contributed by atoms with Crippen LogP contribution in [0.2, 0.25) is 0 Å². The fourth-order valence-electron chi connectivity index (χ4n) is 3.04. The Balaban J connectivity index is 1.38. The zero-order chi connectivity index (χ0) is 24.2. The molecule has 34 heavy (non-hydrogen) atoms. The summed E-state index contributed by atoms with van der Waals surface area (Å²) in [6.07, 6.45) is 1.51. The maximum atomic E-state index is 12.4. The molecule has 1 heterocycles. The van der Waals surface area contributed by atoms with E-state index in [1.54, 1.807) is 30.3 Å². The molecule has 172 valence electrons. The van der Waals surface area contributed by atoms with Crippen molar-refractivity contribution in [2.45, 2.75) is 6.61 Å². The lowest BCUT2D eigenvalue weighted by Crippen LogP contribution is -2.16. The van der Waals surface area contributed by atoms with Crippen molar-refractivity contribution >= 4 is 83.2 Å². The topological polar surface area (TPSA) is 107 Å². The molecule has 0 aliphatic carbocycles. The number of carbonyl (C=O) groups is 1. The van der Waals surface area contributed by atoms with Gasteiger partial charge in [-0.15, -0.1) is 0 Å². The minimum absolute atomic E-state index is 0.0209. The second-order valence-corrected chi connectivity index (χ2v) is 9.95. The minimum Gasteiger partial charge on any atom is -0.488 e. The van der Waals surface area contributed by atoms with Crippen LogP contribution in [0.5, 0.6) is 5.75 Å². The van der Waals surface area contributed by atoms with Crippen molar-refractivity contribution in [3.05, 3.63) is 100 Å². The van der Waals surface area contributed by atoms with Gasteiger partial charge in [-0.25, -0.2) is 5.43 Å². The number of halogens is 3. The number of nitro benzene ring substituents is 1. The molecule has 0 unspecified atom stereocenters. The fourth-order valence-corrected chi connectivity index (χ4v) is 5.08. The molecule has 0 aliphatic rings. The van der Waals surface area contributed by atoms with Crippen LogP contribution in [0.4, 0.5) is 5.69 Å². The SMILES string of the molecule is O=C(N/N=C\c1ccc(OCc2cccc([N+](=O)[O-])c2)c(I)c1)c1cc2cc(Br)cc(Br)c2o1. The molecule has 3 aromatic carbocycles. The van der Waals surface area contributed by atoms with Gasteiger partial charge in [-0.05, 0) is 86.0 Å². The minimum atomic E-state index is -0.470. The van der Waals surface area contributed by atoms with Crippen molar-refractivity contribution in [3.8, 4) is 5.75 Å². The van der Waals surface area contributed by atoms with E-state index in [0.717, 1.165) is 23.5 Å². The van der Waals surface area contributed by atoms with E-state index in [0.29, 0.717) is 16.9 Å². The van der Waals surface area contributed by atoms with Crippen LogP contribution < -0.4 is 10.2 Å². The van der Waals surface area contributed by atoms with E-state index in [-0.39, 0.29) is 18.1 Å². The number of furan rings is 1. The fraction of sp³-hybridized carbons (Fsp3) is 0.0435. The molecule has 0 saturated heterocycles. The summed E-state index contributed by atoms with van der Waals surface area (Å²) in [6, 6.07) is 17.1. The normalized spacial score (nSPS) is 11.1. The molecule has 4 rings (SSSR count). The Kier molecular flexibility index (Phi) is 7.63. The second kappa shape index (κ2) is 10.7. The van der Waals surface area contributed by atoms with E-state index < -0.39 is 10.8 Å². The highest BCUT2D eigenvalue weighted by Gasteiger charge is 2.14. The van der Waals surface area contributed by atoms with E-state index >= 15 is 0 Å². The van der Waals surface area contributed by atoms with Crippen LogP contribution in [-0.4, -0.2) is 17.0 Å². The third-order valence-corrected chi connectivity index (χ3v) is 6.50. The zero-order valence-corrected chi connectivity index (χ0v) is 22.5. The van der Waals surface area contributed by atoms with E-state index in [2.05, 4.69) is 65.0 Å². The molecule has 0 bridgehead atoms. The van der Waals surface area contributed by atoms with Crippen LogP contribution in [-0.2, 0) is 6.61 Å². The van der Waals surface area contributed by atoms with Gasteiger partial charge in [0.2, 0.25) is 0 Å². The van der Waals surface area contributed by atoms with Gasteiger partial charge in [0, 0.05) is 22.0 Å². The van der Waals surface area contributed by atoms with Gasteiger partial charge in [-0.3, -0.25) is 14.9 Å². The largest absolute Gasteiger partial charge is 0.488 e. The van der Waals surface area contributed by atoms with Gasteiger partial charge in [-0.2, -0.15) is 5.10 Å². The van der Waals surface area contributed by atoms with Crippen LogP contribution in [0.3, 0.4) is 0 Å². The molecule has 4 aromatic rings. The highest BCUT2D eigenvalue weighted by molar-refractivity contribution is 14.1. The van der Waals surface area contributed by atoms with Gasteiger partial charge >= 0.3 is 5.91 Å². The summed E-state index contributed by atoms with van der Waals surface area (Å²) < 4.78 is 13.9. The summed E-state index contributed by atoms with van der Waals surface area (Å²) in [4.78, 5) is 22.9. The van der Waals surface area contributed by atoms with Gasteiger partial charge in [-0.1, -0.05) is 28.1 Å². The first-order valence-corrected chi connectivity index (χ1v) is 12.3. The molecule has 11 heteroatoms. The standard InChI is InChI=1S/C23H14Br2IN3O5/c24-16-8-15-9-21(34-22(15)18(25)10-16)23(30)28-27-11-13-4-5-20(19(26)7-13)33-12-14-2-1-3-17(6-14)29(31)32/h1-11H,12H2,(H,28,30)/b27-11-. The summed E-state index contributed by atoms with van der Waals surface area (Å²) in [6.45, 7) is 0.200. The Hall–Kier alpha value is -2.77. The predicted molar refractivity (Wildman–Crippen MR) is 143 cm³/mol. The molecule has 8 nitrogen and oxygen atoms in total. The van der Waals surface area contributed by atoms with Crippen molar-refractivity contribution < 1.29 is 18.9 Å². The Morgan fingerprint density at radius 3 is 2.76 bits per heavy atom. The van der Waals surface area contributed by atoms with Crippen molar-refractivity contribution in [1.82, 2.24) is 5.43 Å². The van der Waals surface area contributed by atoms with Crippen LogP contribution in [0.15, 0.2) is 79.1 Å². The predicted octanol–water partition coefficient (Wildman–Crippen LogP) is 6.81. The molecule has 0 saturated carbocycles. The number of nitrogens with zero attached hydrogens (tertiary/aromatic N) is 2. The van der Waals surface area contributed by atoms with Crippen molar-refractivity contribution in [1.29, 1.82) is 0 Å². The first kappa shape index (κ1) is 24.4. The van der Waals surface area contributed by atoms with Crippen LogP contribution in [0.25, 0.3) is 11.0 Å². The average molecular weight is 699 g/mol. The number of non-ortho nitro benzene ring substituents is 1. The van der Waals surface area contributed by atoms with E-state index in [1.165, 1.54) is 18.3 Å². The molecule has 0 aliphatic heterocycles. The number of hydrogen-bond acceptors (Lipinski definition) is 6. The van der Waals surface area contributed by atoms with Gasteiger partial charge in [0.1, 0.15) is 17.9 Å². The van der Waals surface area contributed by atoms with Crippen molar-refractivity contribution in [3.63, 3.8) is 0 Å². The number of rotatable bonds is 7. The maximum absolute atomic E-state index is 12.4. The molecule has 0 fully saturated rings. The molecular weight excluding hydrogens is 685 g/mol. The number of carbonyl (C=O) groups excluding carboxylic acids is 1. The van der Waals surface area contributed by atoms with E-state index in [9.17, 15) is 14.9 Å².